The van der Waals surface area contributed by atoms with E-state index < -0.39 is 12.7 Å². The Morgan fingerprint density at radius 3 is 2.57 bits per heavy atom. The van der Waals surface area contributed by atoms with Crippen molar-refractivity contribution in [1.82, 2.24) is 14.1 Å². The Balaban J connectivity index is 1.84. The first kappa shape index (κ1) is 20.2. The predicted molar refractivity (Wildman–Crippen MR) is 102 cm³/mol. The molecule has 3 rings (SSSR count). The Bertz CT molecular complexity index is 1120. The minimum atomic E-state index is -4.36. The van der Waals surface area contributed by atoms with Crippen LogP contribution < -0.4 is 5.56 Å². The molecule has 5 nitrogen and oxygen atoms in total. The molecule has 3 aromatic rings. The lowest BCUT2D eigenvalue weighted by Crippen LogP contribution is -2.21. The molecule has 148 valence electrons. The van der Waals surface area contributed by atoms with E-state index in [4.69, 9.17) is 0 Å². The van der Waals surface area contributed by atoms with Gasteiger partial charge < -0.3 is 4.57 Å². The van der Waals surface area contributed by atoms with Gasteiger partial charge in [0.15, 0.2) is 10.9 Å². The number of alkyl halides is 3. The van der Waals surface area contributed by atoms with Crippen LogP contribution in [0.25, 0.3) is 10.9 Å². The van der Waals surface area contributed by atoms with E-state index in [1.54, 1.807) is 31.3 Å². The molecule has 0 unspecified atom stereocenters. The van der Waals surface area contributed by atoms with E-state index in [1.807, 2.05) is 0 Å². The Labute approximate surface area is 163 Å². The van der Waals surface area contributed by atoms with E-state index in [2.05, 4.69) is 4.98 Å². The molecule has 0 bridgehead atoms. The third kappa shape index (κ3) is 3.99. The number of thioether (sulfide) groups is 1. The van der Waals surface area contributed by atoms with Crippen LogP contribution in [0.3, 0.4) is 0 Å². The van der Waals surface area contributed by atoms with E-state index in [0.717, 1.165) is 16.3 Å². The van der Waals surface area contributed by atoms with E-state index in [-0.39, 0.29) is 28.4 Å². The summed E-state index contributed by atoms with van der Waals surface area (Å²) < 4.78 is 40.7. The van der Waals surface area contributed by atoms with Crippen molar-refractivity contribution in [2.24, 2.45) is 7.05 Å². The molecule has 1 aromatic carbocycles. The molecular weight excluding hydrogens is 391 g/mol. The SMILES string of the molecule is Cc1cc(C(=O)CSc2nc3ccccc3c(=O)n2C)c(C)n1CC(F)(F)F. The minimum absolute atomic E-state index is 0.0328. The zero-order valence-electron chi connectivity index (χ0n) is 15.5. The Morgan fingerprint density at radius 1 is 1.21 bits per heavy atom. The first-order chi connectivity index (χ1) is 13.1. The summed E-state index contributed by atoms with van der Waals surface area (Å²) >= 11 is 1.09. The minimum Gasteiger partial charge on any atom is -0.339 e. The van der Waals surface area contributed by atoms with E-state index >= 15 is 0 Å². The van der Waals surface area contributed by atoms with Crippen LogP contribution in [0.5, 0.6) is 0 Å². The van der Waals surface area contributed by atoms with Crippen molar-refractivity contribution in [3.63, 3.8) is 0 Å². The molecule has 0 aliphatic carbocycles. The third-order valence-corrected chi connectivity index (χ3v) is 5.52. The zero-order chi connectivity index (χ0) is 20.6. The van der Waals surface area contributed by atoms with Crippen molar-refractivity contribution in [3.8, 4) is 0 Å². The van der Waals surface area contributed by atoms with Crippen molar-refractivity contribution in [2.75, 3.05) is 5.75 Å². The summed E-state index contributed by atoms with van der Waals surface area (Å²) in [5.74, 6) is -0.344. The Hall–Kier alpha value is -2.55. The average Bonchev–Trinajstić information content (AvgIpc) is 2.90. The third-order valence-electron chi connectivity index (χ3n) is 4.49. The molecule has 0 amide bonds. The number of ketones is 1. The highest BCUT2D eigenvalue weighted by atomic mass is 32.2. The highest BCUT2D eigenvalue weighted by Gasteiger charge is 2.30. The number of fused-ring (bicyclic) bond motifs is 1. The van der Waals surface area contributed by atoms with Crippen molar-refractivity contribution >= 4 is 28.4 Å². The van der Waals surface area contributed by atoms with Crippen molar-refractivity contribution in [2.45, 2.75) is 31.7 Å². The number of aromatic nitrogens is 3. The van der Waals surface area contributed by atoms with Crippen LogP contribution in [-0.4, -0.2) is 31.8 Å². The van der Waals surface area contributed by atoms with Crippen LogP contribution in [-0.2, 0) is 13.6 Å². The fourth-order valence-corrected chi connectivity index (χ4v) is 3.90. The summed E-state index contributed by atoms with van der Waals surface area (Å²) in [6.45, 7) is 1.91. The van der Waals surface area contributed by atoms with Gasteiger partial charge in [-0.1, -0.05) is 23.9 Å². The van der Waals surface area contributed by atoms with Gasteiger partial charge in [-0.2, -0.15) is 13.2 Å². The standard InChI is InChI=1S/C19H18F3N3O2S/c1-11-8-14(12(2)25(11)10-19(20,21)22)16(26)9-28-18-23-15-7-5-4-6-13(15)17(27)24(18)3/h4-8H,9-10H2,1-3H3. The second kappa shape index (κ2) is 7.46. The van der Waals surface area contributed by atoms with E-state index in [1.165, 1.54) is 24.5 Å². The number of nitrogens with zero attached hydrogens (tertiary/aromatic N) is 3. The van der Waals surface area contributed by atoms with Gasteiger partial charge in [0, 0.05) is 24.0 Å². The van der Waals surface area contributed by atoms with Gasteiger partial charge in [-0.15, -0.1) is 0 Å². The summed E-state index contributed by atoms with van der Waals surface area (Å²) in [5.41, 5.74) is 1.22. The van der Waals surface area contributed by atoms with Gasteiger partial charge in [-0.25, -0.2) is 4.98 Å². The number of halogens is 3. The number of para-hydroxylation sites is 1. The normalized spacial score (nSPS) is 11.9. The number of benzene rings is 1. The molecule has 0 atom stereocenters. The van der Waals surface area contributed by atoms with Gasteiger partial charge in [0.2, 0.25) is 0 Å². The monoisotopic (exact) mass is 409 g/mol. The molecule has 0 saturated carbocycles. The quantitative estimate of drug-likeness (QED) is 0.365. The molecule has 0 aliphatic heterocycles. The number of rotatable bonds is 5. The second-order valence-corrected chi connectivity index (χ2v) is 7.42. The molecule has 0 aliphatic rings. The lowest BCUT2D eigenvalue weighted by atomic mass is 10.2. The summed E-state index contributed by atoms with van der Waals surface area (Å²) in [7, 11) is 1.57. The topological polar surface area (TPSA) is 56.9 Å². The molecule has 2 heterocycles. The van der Waals surface area contributed by atoms with Gasteiger partial charge >= 0.3 is 6.18 Å². The van der Waals surface area contributed by atoms with Crippen LogP contribution in [0.15, 0.2) is 40.3 Å². The van der Waals surface area contributed by atoms with Gasteiger partial charge in [0.25, 0.3) is 5.56 Å². The molecule has 2 aromatic heterocycles. The van der Waals surface area contributed by atoms with Crippen molar-refractivity contribution < 1.29 is 18.0 Å². The Kier molecular flexibility index (Phi) is 5.38. The zero-order valence-corrected chi connectivity index (χ0v) is 16.3. The number of aryl methyl sites for hydroxylation is 1. The summed E-state index contributed by atoms with van der Waals surface area (Å²) in [5, 5.41) is 0.859. The number of hydrogen-bond donors (Lipinski definition) is 0. The maximum Gasteiger partial charge on any atom is 0.406 e. The number of hydrogen-bond acceptors (Lipinski definition) is 4. The Morgan fingerprint density at radius 2 is 1.89 bits per heavy atom. The molecular formula is C19H18F3N3O2S. The van der Waals surface area contributed by atoms with E-state index in [0.29, 0.717) is 21.8 Å². The maximum absolute atomic E-state index is 12.7. The highest BCUT2D eigenvalue weighted by molar-refractivity contribution is 7.99. The fourth-order valence-electron chi connectivity index (χ4n) is 3.04. The fraction of sp³-hybridized carbons (Fsp3) is 0.316. The first-order valence-electron chi connectivity index (χ1n) is 8.43. The summed E-state index contributed by atoms with van der Waals surface area (Å²) in [6, 6.07) is 8.38. The van der Waals surface area contributed by atoms with Gasteiger partial charge in [0.05, 0.1) is 16.7 Å². The van der Waals surface area contributed by atoms with Crippen molar-refractivity contribution in [3.05, 3.63) is 57.6 Å². The second-order valence-electron chi connectivity index (χ2n) is 6.47. The summed E-state index contributed by atoms with van der Waals surface area (Å²) in [6.07, 6.45) is -4.36. The largest absolute Gasteiger partial charge is 0.406 e. The average molecular weight is 409 g/mol. The van der Waals surface area contributed by atoms with Crippen LogP contribution in [0.2, 0.25) is 0 Å². The highest BCUT2D eigenvalue weighted by Crippen LogP contribution is 2.25. The predicted octanol–water partition coefficient (Wildman–Crippen LogP) is 3.89. The number of carbonyl (C=O) groups excluding carboxylic acids is 1. The maximum atomic E-state index is 12.7. The first-order valence-corrected chi connectivity index (χ1v) is 9.42. The van der Waals surface area contributed by atoms with Gasteiger partial charge in [0.1, 0.15) is 6.54 Å². The molecule has 0 radical (unpaired) electrons. The molecule has 0 spiro atoms. The van der Waals surface area contributed by atoms with Crippen LogP contribution >= 0.6 is 11.8 Å². The molecule has 9 heteroatoms. The molecule has 28 heavy (non-hydrogen) atoms. The van der Waals surface area contributed by atoms with Gasteiger partial charge in [-0.05, 0) is 32.0 Å². The van der Waals surface area contributed by atoms with Crippen LogP contribution in [0.4, 0.5) is 13.2 Å². The van der Waals surface area contributed by atoms with E-state index in [9.17, 15) is 22.8 Å². The lowest BCUT2D eigenvalue weighted by Gasteiger charge is -2.12. The summed E-state index contributed by atoms with van der Waals surface area (Å²) in [4.78, 5) is 29.4. The lowest BCUT2D eigenvalue weighted by molar-refractivity contribution is -0.141. The molecule has 0 fully saturated rings. The van der Waals surface area contributed by atoms with Gasteiger partial charge in [-0.3, -0.25) is 14.2 Å². The smallest absolute Gasteiger partial charge is 0.339 e. The number of Topliss-reactive ketones (excluding diaryl/α,β-unsaturated/α-hetero) is 1. The molecule has 0 N–H and O–H groups in total. The van der Waals surface area contributed by atoms with Crippen LogP contribution in [0, 0.1) is 13.8 Å². The molecule has 0 saturated heterocycles. The van der Waals surface area contributed by atoms with Crippen LogP contribution in [0.1, 0.15) is 21.7 Å². The number of carbonyl (C=O) groups is 1. The van der Waals surface area contributed by atoms with Crippen molar-refractivity contribution in [1.29, 1.82) is 0 Å².